The standard InChI is InChI=1S/C15H26O/c16-15(13-9-5-1-2-6-10-13)14-11-7-3-4-8-12-14/h13-14H,1-12H2. The van der Waals surface area contributed by atoms with Crippen LogP contribution in [0.25, 0.3) is 0 Å². The molecular weight excluding hydrogens is 196 g/mol. The van der Waals surface area contributed by atoms with Crippen molar-refractivity contribution in [3.05, 3.63) is 0 Å². The molecule has 0 atom stereocenters. The number of carbonyl (C=O) groups is 1. The van der Waals surface area contributed by atoms with Gasteiger partial charge in [0.1, 0.15) is 5.78 Å². The van der Waals surface area contributed by atoms with Crippen LogP contribution in [-0.2, 0) is 4.79 Å². The summed E-state index contributed by atoms with van der Waals surface area (Å²) in [4.78, 5) is 12.5. The predicted molar refractivity (Wildman–Crippen MR) is 67.4 cm³/mol. The van der Waals surface area contributed by atoms with Crippen LogP contribution in [0.2, 0.25) is 0 Å². The molecule has 0 aromatic heterocycles. The molecule has 2 rings (SSSR count). The Balaban J connectivity index is 1.88. The van der Waals surface area contributed by atoms with Crippen molar-refractivity contribution in [1.82, 2.24) is 0 Å². The van der Waals surface area contributed by atoms with Crippen LogP contribution in [0.1, 0.15) is 77.0 Å². The Kier molecular flexibility index (Phi) is 4.87. The van der Waals surface area contributed by atoms with Crippen LogP contribution in [0.15, 0.2) is 0 Å². The van der Waals surface area contributed by atoms with E-state index >= 15 is 0 Å². The molecule has 0 amide bonds. The maximum Gasteiger partial charge on any atom is 0.139 e. The molecule has 16 heavy (non-hydrogen) atoms. The van der Waals surface area contributed by atoms with Gasteiger partial charge in [0.25, 0.3) is 0 Å². The topological polar surface area (TPSA) is 17.1 Å². The van der Waals surface area contributed by atoms with Gasteiger partial charge < -0.3 is 0 Å². The molecule has 92 valence electrons. The second-order valence-electron chi connectivity index (χ2n) is 5.78. The monoisotopic (exact) mass is 222 g/mol. The lowest BCUT2D eigenvalue weighted by molar-refractivity contribution is -0.127. The summed E-state index contributed by atoms with van der Waals surface area (Å²) in [5.74, 6) is 1.51. The van der Waals surface area contributed by atoms with Gasteiger partial charge in [0, 0.05) is 11.8 Å². The first-order valence-corrected chi connectivity index (χ1v) is 7.41. The minimum atomic E-state index is 0.436. The number of ketones is 1. The molecule has 0 spiro atoms. The Hall–Kier alpha value is -0.330. The normalized spacial score (nSPS) is 26.0. The van der Waals surface area contributed by atoms with Crippen molar-refractivity contribution in [2.75, 3.05) is 0 Å². The van der Waals surface area contributed by atoms with E-state index in [2.05, 4.69) is 0 Å². The highest BCUT2D eigenvalue weighted by Gasteiger charge is 2.27. The van der Waals surface area contributed by atoms with Crippen molar-refractivity contribution >= 4 is 5.78 Å². The second kappa shape index (κ2) is 6.42. The number of Topliss-reactive ketones (excluding diaryl/α,β-unsaturated/α-hetero) is 1. The molecular formula is C15H26O. The van der Waals surface area contributed by atoms with Crippen molar-refractivity contribution in [2.45, 2.75) is 77.0 Å². The van der Waals surface area contributed by atoms with Crippen LogP contribution in [0, 0.1) is 11.8 Å². The fraction of sp³-hybridized carbons (Fsp3) is 0.933. The van der Waals surface area contributed by atoms with Gasteiger partial charge >= 0.3 is 0 Å². The highest BCUT2D eigenvalue weighted by atomic mass is 16.1. The highest BCUT2D eigenvalue weighted by Crippen LogP contribution is 2.31. The highest BCUT2D eigenvalue weighted by molar-refractivity contribution is 5.83. The van der Waals surface area contributed by atoms with Gasteiger partial charge in [0.05, 0.1) is 0 Å². The first-order chi connectivity index (χ1) is 7.88. The van der Waals surface area contributed by atoms with Crippen LogP contribution in [-0.4, -0.2) is 5.78 Å². The fourth-order valence-electron chi connectivity index (χ4n) is 3.46. The van der Waals surface area contributed by atoms with E-state index in [0.717, 1.165) is 0 Å². The lowest BCUT2D eigenvalue weighted by Crippen LogP contribution is -2.23. The van der Waals surface area contributed by atoms with E-state index in [9.17, 15) is 4.79 Å². The molecule has 2 aliphatic rings. The van der Waals surface area contributed by atoms with Crippen LogP contribution in [0.4, 0.5) is 0 Å². The molecule has 2 fully saturated rings. The molecule has 2 aliphatic carbocycles. The maximum atomic E-state index is 12.5. The molecule has 0 N–H and O–H groups in total. The average Bonchev–Trinajstić information content (AvgIpc) is 2.73. The van der Waals surface area contributed by atoms with Gasteiger partial charge in [-0.25, -0.2) is 0 Å². The molecule has 0 bridgehead atoms. The van der Waals surface area contributed by atoms with Gasteiger partial charge in [-0.3, -0.25) is 4.79 Å². The number of rotatable bonds is 2. The summed E-state index contributed by atoms with van der Waals surface area (Å²) >= 11 is 0. The summed E-state index contributed by atoms with van der Waals surface area (Å²) in [6, 6.07) is 0. The van der Waals surface area contributed by atoms with Crippen LogP contribution < -0.4 is 0 Å². The molecule has 0 saturated heterocycles. The lowest BCUT2D eigenvalue weighted by Gasteiger charge is -2.19. The van der Waals surface area contributed by atoms with E-state index in [1.54, 1.807) is 0 Å². The third-order valence-corrected chi connectivity index (χ3v) is 4.52. The largest absolute Gasteiger partial charge is 0.299 e. The lowest BCUT2D eigenvalue weighted by atomic mass is 9.84. The van der Waals surface area contributed by atoms with Gasteiger partial charge in [-0.2, -0.15) is 0 Å². The quantitative estimate of drug-likeness (QED) is 0.629. The molecule has 1 heteroatoms. The van der Waals surface area contributed by atoms with Crippen LogP contribution in [0.3, 0.4) is 0 Å². The SMILES string of the molecule is O=C(C1CCCCCC1)C1CCCCCC1. The third-order valence-electron chi connectivity index (χ3n) is 4.52. The molecule has 0 radical (unpaired) electrons. The average molecular weight is 222 g/mol. The summed E-state index contributed by atoms with van der Waals surface area (Å²) in [6.07, 6.45) is 15.4. The van der Waals surface area contributed by atoms with E-state index < -0.39 is 0 Å². The molecule has 0 unspecified atom stereocenters. The van der Waals surface area contributed by atoms with Crippen molar-refractivity contribution < 1.29 is 4.79 Å². The Morgan fingerprint density at radius 1 is 0.562 bits per heavy atom. The van der Waals surface area contributed by atoms with E-state index in [0.29, 0.717) is 17.6 Å². The van der Waals surface area contributed by atoms with Gasteiger partial charge in [-0.05, 0) is 25.7 Å². The van der Waals surface area contributed by atoms with Crippen LogP contribution >= 0.6 is 0 Å². The van der Waals surface area contributed by atoms with E-state index in [1.165, 1.54) is 77.0 Å². The van der Waals surface area contributed by atoms with Crippen molar-refractivity contribution in [3.63, 3.8) is 0 Å². The first-order valence-electron chi connectivity index (χ1n) is 7.41. The Morgan fingerprint density at radius 2 is 0.875 bits per heavy atom. The van der Waals surface area contributed by atoms with Gasteiger partial charge in [-0.1, -0.05) is 51.4 Å². The van der Waals surface area contributed by atoms with E-state index in [4.69, 9.17) is 0 Å². The van der Waals surface area contributed by atoms with Gasteiger partial charge in [0.2, 0.25) is 0 Å². The Labute approximate surface area is 100.0 Å². The van der Waals surface area contributed by atoms with E-state index in [-0.39, 0.29) is 0 Å². The summed E-state index contributed by atoms with van der Waals surface area (Å²) < 4.78 is 0. The predicted octanol–water partition coefficient (Wildman–Crippen LogP) is 4.50. The zero-order valence-electron chi connectivity index (χ0n) is 10.5. The van der Waals surface area contributed by atoms with Gasteiger partial charge in [-0.15, -0.1) is 0 Å². The first kappa shape index (κ1) is 12.1. The zero-order valence-corrected chi connectivity index (χ0v) is 10.5. The molecule has 0 aromatic carbocycles. The molecule has 0 heterocycles. The van der Waals surface area contributed by atoms with E-state index in [1.807, 2.05) is 0 Å². The van der Waals surface area contributed by atoms with Crippen LogP contribution in [0.5, 0.6) is 0 Å². The molecule has 2 saturated carbocycles. The minimum Gasteiger partial charge on any atom is -0.299 e. The zero-order chi connectivity index (χ0) is 11.2. The van der Waals surface area contributed by atoms with Crippen molar-refractivity contribution in [3.8, 4) is 0 Å². The van der Waals surface area contributed by atoms with Crippen molar-refractivity contribution in [2.24, 2.45) is 11.8 Å². The summed E-state index contributed by atoms with van der Waals surface area (Å²) in [5, 5.41) is 0. The Bertz CT molecular complexity index is 183. The number of hydrogen-bond donors (Lipinski definition) is 0. The number of hydrogen-bond acceptors (Lipinski definition) is 1. The molecule has 0 aliphatic heterocycles. The molecule has 0 aromatic rings. The Morgan fingerprint density at radius 3 is 1.19 bits per heavy atom. The smallest absolute Gasteiger partial charge is 0.139 e. The summed E-state index contributed by atoms with van der Waals surface area (Å²) in [6.45, 7) is 0. The van der Waals surface area contributed by atoms with Gasteiger partial charge in [0.15, 0.2) is 0 Å². The maximum absolute atomic E-state index is 12.5. The fourth-order valence-corrected chi connectivity index (χ4v) is 3.46. The minimum absolute atomic E-state index is 0.436. The number of carbonyl (C=O) groups excluding carboxylic acids is 1. The second-order valence-corrected chi connectivity index (χ2v) is 5.78. The molecule has 1 nitrogen and oxygen atoms in total. The summed E-state index contributed by atoms with van der Waals surface area (Å²) in [7, 11) is 0. The summed E-state index contributed by atoms with van der Waals surface area (Å²) in [5.41, 5.74) is 0. The third kappa shape index (κ3) is 3.33. The van der Waals surface area contributed by atoms with Crippen molar-refractivity contribution in [1.29, 1.82) is 0 Å².